The Balaban J connectivity index is 2.21. The second-order valence-electron chi connectivity index (χ2n) is 5.77. The van der Waals surface area contributed by atoms with Crippen molar-refractivity contribution in [2.75, 3.05) is 18.0 Å². The average Bonchev–Trinajstić information content (AvgIpc) is 2.47. The predicted molar refractivity (Wildman–Crippen MR) is 89.3 cm³/mol. The molecule has 2 N–H and O–H groups in total. The van der Waals surface area contributed by atoms with Gasteiger partial charge in [0.1, 0.15) is 0 Å². The Morgan fingerprint density at radius 3 is 2.45 bits per heavy atom. The van der Waals surface area contributed by atoms with Crippen LogP contribution in [0.25, 0.3) is 10.8 Å². The third-order valence-electron chi connectivity index (χ3n) is 4.08. The summed E-state index contributed by atoms with van der Waals surface area (Å²) in [5, 5.41) is 2.63. The van der Waals surface area contributed by atoms with Crippen LogP contribution >= 0.6 is 0 Å². The zero-order chi connectivity index (χ0) is 14.5. The van der Waals surface area contributed by atoms with Crippen LogP contribution in [-0.4, -0.2) is 19.1 Å². The quantitative estimate of drug-likeness (QED) is 0.858. The SMILES string of the molecule is CCN(CCC(N)C(C)C)c1cccc2ccccc12. The molecule has 0 amide bonds. The molecule has 0 aromatic heterocycles. The first-order valence-corrected chi connectivity index (χ1v) is 7.61. The van der Waals surface area contributed by atoms with E-state index in [4.69, 9.17) is 5.73 Å². The summed E-state index contributed by atoms with van der Waals surface area (Å²) >= 11 is 0. The number of rotatable bonds is 6. The van der Waals surface area contributed by atoms with Crippen LogP contribution in [0.4, 0.5) is 5.69 Å². The molecular formula is C18H26N2. The molecule has 2 rings (SSSR count). The number of hydrogen-bond acceptors (Lipinski definition) is 2. The average molecular weight is 270 g/mol. The molecule has 0 radical (unpaired) electrons. The van der Waals surface area contributed by atoms with E-state index in [1.165, 1.54) is 16.5 Å². The summed E-state index contributed by atoms with van der Waals surface area (Å²) in [4.78, 5) is 2.44. The monoisotopic (exact) mass is 270 g/mol. The first-order chi connectivity index (χ1) is 9.63. The van der Waals surface area contributed by atoms with Crippen LogP contribution in [0.1, 0.15) is 27.2 Å². The molecule has 20 heavy (non-hydrogen) atoms. The van der Waals surface area contributed by atoms with E-state index >= 15 is 0 Å². The smallest absolute Gasteiger partial charge is 0.0445 e. The molecule has 2 nitrogen and oxygen atoms in total. The van der Waals surface area contributed by atoms with E-state index in [1.54, 1.807) is 0 Å². The molecule has 1 unspecified atom stereocenters. The molecule has 0 saturated carbocycles. The highest BCUT2D eigenvalue weighted by Gasteiger charge is 2.12. The number of fused-ring (bicyclic) bond motifs is 1. The summed E-state index contributed by atoms with van der Waals surface area (Å²) in [5.41, 5.74) is 7.50. The van der Waals surface area contributed by atoms with Crippen molar-refractivity contribution in [2.45, 2.75) is 33.2 Å². The predicted octanol–water partition coefficient (Wildman–Crippen LogP) is 4.04. The fourth-order valence-electron chi connectivity index (χ4n) is 2.57. The van der Waals surface area contributed by atoms with Crippen LogP contribution in [0.15, 0.2) is 42.5 Å². The third kappa shape index (κ3) is 3.31. The summed E-state index contributed by atoms with van der Waals surface area (Å²) in [5.74, 6) is 0.543. The topological polar surface area (TPSA) is 29.3 Å². The van der Waals surface area contributed by atoms with Gasteiger partial charge in [-0.2, -0.15) is 0 Å². The molecule has 2 aromatic rings. The van der Waals surface area contributed by atoms with E-state index in [2.05, 4.69) is 68.1 Å². The molecule has 0 saturated heterocycles. The minimum absolute atomic E-state index is 0.277. The Hall–Kier alpha value is -1.54. The van der Waals surface area contributed by atoms with Crippen LogP contribution < -0.4 is 10.6 Å². The normalized spacial score (nSPS) is 12.8. The maximum atomic E-state index is 6.18. The van der Waals surface area contributed by atoms with Gasteiger partial charge in [0.25, 0.3) is 0 Å². The molecule has 0 spiro atoms. The van der Waals surface area contributed by atoms with Crippen molar-refractivity contribution in [3.8, 4) is 0 Å². The first-order valence-electron chi connectivity index (χ1n) is 7.61. The molecule has 0 aliphatic carbocycles. The Kier molecular flexibility index (Phi) is 5.02. The number of hydrogen-bond donors (Lipinski definition) is 1. The van der Waals surface area contributed by atoms with Crippen molar-refractivity contribution in [3.05, 3.63) is 42.5 Å². The second kappa shape index (κ2) is 6.76. The number of nitrogens with zero attached hydrogens (tertiary/aromatic N) is 1. The van der Waals surface area contributed by atoms with Gasteiger partial charge >= 0.3 is 0 Å². The van der Waals surface area contributed by atoms with E-state index in [9.17, 15) is 0 Å². The highest BCUT2D eigenvalue weighted by molar-refractivity contribution is 5.94. The molecular weight excluding hydrogens is 244 g/mol. The minimum Gasteiger partial charge on any atom is -0.371 e. The van der Waals surface area contributed by atoms with Gasteiger partial charge in [0.15, 0.2) is 0 Å². The molecule has 108 valence electrons. The largest absolute Gasteiger partial charge is 0.371 e. The Bertz CT molecular complexity index is 543. The molecule has 0 bridgehead atoms. The lowest BCUT2D eigenvalue weighted by Gasteiger charge is -2.27. The molecule has 1 atom stereocenters. The maximum absolute atomic E-state index is 6.18. The van der Waals surface area contributed by atoms with Gasteiger partial charge in [0.05, 0.1) is 0 Å². The van der Waals surface area contributed by atoms with Gasteiger partial charge in [-0.25, -0.2) is 0 Å². The zero-order valence-corrected chi connectivity index (χ0v) is 12.8. The zero-order valence-electron chi connectivity index (χ0n) is 12.8. The van der Waals surface area contributed by atoms with E-state index < -0.39 is 0 Å². The van der Waals surface area contributed by atoms with E-state index in [1.807, 2.05) is 0 Å². The molecule has 0 aliphatic heterocycles. The number of anilines is 1. The third-order valence-corrected chi connectivity index (χ3v) is 4.08. The van der Waals surface area contributed by atoms with Crippen molar-refractivity contribution >= 4 is 16.5 Å². The summed E-state index contributed by atoms with van der Waals surface area (Å²) in [6.07, 6.45) is 1.04. The van der Waals surface area contributed by atoms with Gasteiger partial charge in [0.2, 0.25) is 0 Å². The van der Waals surface area contributed by atoms with Gasteiger partial charge in [-0.15, -0.1) is 0 Å². The van der Waals surface area contributed by atoms with Crippen LogP contribution in [0.5, 0.6) is 0 Å². The van der Waals surface area contributed by atoms with Crippen molar-refractivity contribution in [3.63, 3.8) is 0 Å². The lowest BCUT2D eigenvalue weighted by molar-refractivity contribution is 0.464. The fraction of sp³-hybridized carbons (Fsp3) is 0.444. The van der Waals surface area contributed by atoms with Crippen LogP contribution in [0.2, 0.25) is 0 Å². The minimum atomic E-state index is 0.277. The highest BCUT2D eigenvalue weighted by atomic mass is 15.1. The maximum Gasteiger partial charge on any atom is 0.0445 e. The van der Waals surface area contributed by atoms with Crippen molar-refractivity contribution in [2.24, 2.45) is 11.7 Å². The summed E-state index contributed by atoms with van der Waals surface area (Å²) in [6, 6.07) is 15.4. The highest BCUT2D eigenvalue weighted by Crippen LogP contribution is 2.26. The lowest BCUT2D eigenvalue weighted by atomic mass is 10.0. The van der Waals surface area contributed by atoms with Crippen LogP contribution in [0.3, 0.4) is 0 Å². The molecule has 0 fully saturated rings. The van der Waals surface area contributed by atoms with Crippen molar-refractivity contribution < 1.29 is 0 Å². The number of nitrogens with two attached hydrogens (primary N) is 1. The lowest BCUT2D eigenvalue weighted by Crippen LogP contribution is -2.33. The Morgan fingerprint density at radius 2 is 1.75 bits per heavy atom. The molecule has 2 heteroatoms. The van der Waals surface area contributed by atoms with E-state index in [0.29, 0.717) is 5.92 Å². The molecule has 2 aromatic carbocycles. The summed E-state index contributed by atoms with van der Waals surface area (Å²) < 4.78 is 0. The van der Waals surface area contributed by atoms with Crippen molar-refractivity contribution in [1.82, 2.24) is 0 Å². The number of benzene rings is 2. The van der Waals surface area contributed by atoms with Gasteiger partial charge in [-0.3, -0.25) is 0 Å². The van der Waals surface area contributed by atoms with Crippen molar-refractivity contribution in [1.29, 1.82) is 0 Å². The van der Waals surface area contributed by atoms with Gasteiger partial charge < -0.3 is 10.6 Å². The Labute approximate surface area is 122 Å². The Morgan fingerprint density at radius 1 is 1.05 bits per heavy atom. The van der Waals surface area contributed by atoms with Crippen LogP contribution in [0, 0.1) is 5.92 Å². The second-order valence-corrected chi connectivity index (χ2v) is 5.77. The molecule has 0 heterocycles. The summed E-state index contributed by atoms with van der Waals surface area (Å²) in [6.45, 7) is 8.63. The van der Waals surface area contributed by atoms with E-state index in [-0.39, 0.29) is 6.04 Å². The van der Waals surface area contributed by atoms with Gasteiger partial charge in [0, 0.05) is 30.2 Å². The van der Waals surface area contributed by atoms with Crippen LogP contribution in [-0.2, 0) is 0 Å². The van der Waals surface area contributed by atoms with Gasteiger partial charge in [-0.05, 0) is 30.7 Å². The fourth-order valence-corrected chi connectivity index (χ4v) is 2.57. The molecule has 0 aliphatic rings. The standard InChI is InChI=1S/C18H26N2/c1-4-20(13-12-17(19)14(2)3)18-11-7-9-15-8-5-6-10-16(15)18/h5-11,14,17H,4,12-13,19H2,1-3H3. The van der Waals surface area contributed by atoms with E-state index in [0.717, 1.165) is 19.5 Å². The first kappa shape index (κ1) is 14.9. The summed E-state index contributed by atoms with van der Waals surface area (Å²) in [7, 11) is 0. The van der Waals surface area contributed by atoms with Gasteiger partial charge in [-0.1, -0.05) is 50.2 Å².